The van der Waals surface area contributed by atoms with Crippen molar-refractivity contribution in [3.63, 3.8) is 0 Å². The van der Waals surface area contributed by atoms with Gasteiger partial charge in [0.2, 0.25) is 6.79 Å². The minimum atomic E-state index is -0.767. The van der Waals surface area contributed by atoms with Gasteiger partial charge in [-0.15, -0.1) is 0 Å². The Labute approximate surface area is 87.4 Å². The number of hydrogen-bond donors (Lipinski definition) is 1. The lowest BCUT2D eigenvalue weighted by molar-refractivity contribution is -0.118. The van der Waals surface area contributed by atoms with Crippen LogP contribution in [0, 0.1) is 0 Å². The van der Waals surface area contributed by atoms with Gasteiger partial charge in [-0.1, -0.05) is 6.07 Å². The van der Waals surface area contributed by atoms with E-state index in [0.717, 1.165) is 0 Å². The smallest absolute Gasteiger partial charge is 0.231 e. The molecule has 0 amide bonds. The Kier molecular flexibility index (Phi) is 2.60. The maximum Gasteiger partial charge on any atom is 0.231 e. The predicted molar refractivity (Wildman–Crippen MR) is 52.8 cm³/mol. The second-order valence-corrected chi connectivity index (χ2v) is 3.53. The molecule has 0 bridgehead atoms. The molecule has 0 spiro atoms. The van der Waals surface area contributed by atoms with Gasteiger partial charge in [-0.05, 0) is 24.6 Å². The number of hydrogen-bond acceptors (Lipinski definition) is 4. The lowest BCUT2D eigenvalue weighted by Crippen LogP contribution is -2.02. The highest BCUT2D eigenvalue weighted by Crippen LogP contribution is 2.34. The summed E-state index contributed by atoms with van der Waals surface area (Å²) < 4.78 is 10.3. The molecule has 4 heteroatoms. The molecular weight excluding hydrogens is 196 g/mol. The number of Topliss-reactive ketones (excluding diaryl/α,β-unsaturated/α-hetero) is 1. The van der Waals surface area contributed by atoms with Crippen LogP contribution in [0.25, 0.3) is 0 Å². The number of aliphatic hydroxyl groups excluding tert-OH is 1. The highest BCUT2D eigenvalue weighted by Gasteiger charge is 2.17. The number of carbonyl (C=O) groups excluding carboxylic acids is 1. The molecule has 15 heavy (non-hydrogen) atoms. The quantitative estimate of drug-likeness (QED) is 0.816. The minimum absolute atomic E-state index is 0.0415. The van der Waals surface area contributed by atoms with Crippen LogP contribution >= 0.6 is 0 Å². The summed E-state index contributed by atoms with van der Waals surface area (Å²) in [6, 6.07) is 5.18. The molecule has 1 N–H and O–H groups in total. The normalized spacial score (nSPS) is 15.1. The van der Waals surface area contributed by atoms with E-state index < -0.39 is 6.10 Å². The monoisotopic (exact) mass is 208 g/mol. The van der Waals surface area contributed by atoms with Crippen LogP contribution in [-0.2, 0) is 4.79 Å². The van der Waals surface area contributed by atoms with Crippen molar-refractivity contribution in [3.8, 4) is 11.5 Å². The number of aliphatic hydroxyl groups is 1. The molecule has 0 radical (unpaired) electrons. The number of benzene rings is 1. The van der Waals surface area contributed by atoms with Crippen LogP contribution in [0.4, 0.5) is 0 Å². The van der Waals surface area contributed by atoms with Crippen molar-refractivity contribution in [2.45, 2.75) is 19.4 Å². The van der Waals surface area contributed by atoms with Gasteiger partial charge in [0.05, 0.1) is 6.10 Å². The summed E-state index contributed by atoms with van der Waals surface area (Å²) in [7, 11) is 0. The molecule has 0 fully saturated rings. The van der Waals surface area contributed by atoms with E-state index in [-0.39, 0.29) is 19.0 Å². The average molecular weight is 208 g/mol. The fraction of sp³-hybridized carbons (Fsp3) is 0.364. The SMILES string of the molecule is CC(=O)C[C@@H](O)c1ccc2c(c1)OCO2. The van der Waals surface area contributed by atoms with Crippen LogP contribution in [0.5, 0.6) is 11.5 Å². The summed E-state index contributed by atoms with van der Waals surface area (Å²) in [4.78, 5) is 10.8. The molecule has 0 aliphatic carbocycles. The van der Waals surface area contributed by atoms with Crippen LogP contribution in [0.2, 0.25) is 0 Å². The summed E-state index contributed by atoms with van der Waals surface area (Å²) in [5.74, 6) is 1.25. The standard InChI is InChI=1S/C11H12O4/c1-7(12)4-9(13)8-2-3-10-11(5-8)15-6-14-10/h2-3,5,9,13H,4,6H2,1H3/t9-/m1/s1. The molecule has 1 atom stereocenters. The van der Waals surface area contributed by atoms with Crippen molar-refractivity contribution in [1.29, 1.82) is 0 Å². The van der Waals surface area contributed by atoms with Crippen LogP contribution in [-0.4, -0.2) is 17.7 Å². The van der Waals surface area contributed by atoms with Crippen molar-refractivity contribution in [2.24, 2.45) is 0 Å². The second kappa shape index (κ2) is 3.90. The Morgan fingerprint density at radius 2 is 2.20 bits per heavy atom. The lowest BCUT2D eigenvalue weighted by atomic mass is 10.0. The van der Waals surface area contributed by atoms with Gasteiger partial charge in [-0.2, -0.15) is 0 Å². The third kappa shape index (κ3) is 2.10. The first-order chi connectivity index (χ1) is 7.16. The third-order valence-corrected chi connectivity index (χ3v) is 2.26. The first-order valence-corrected chi connectivity index (χ1v) is 4.74. The first-order valence-electron chi connectivity index (χ1n) is 4.74. The predicted octanol–water partition coefficient (Wildman–Crippen LogP) is 1.43. The Balaban J connectivity index is 2.19. The Bertz CT molecular complexity index is 386. The maximum atomic E-state index is 10.8. The summed E-state index contributed by atoms with van der Waals surface area (Å²) in [6.07, 6.45) is -0.642. The third-order valence-electron chi connectivity index (χ3n) is 2.26. The minimum Gasteiger partial charge on any atom is -0.454 e. The number of fused-ring (bicyclic) bond motifs is 1. The van der Waals surface area contributed by atoms with Crippen molar-refractivity contribution in [1.82, 2.24) is 0 Å². The maximum absolute atomic E-state index is 10.8. The summed E-state index contributed by atoms with van der Waals surface area (Å²) in [6.45, 7) is 1.66. The topological polar surface area (TPSA) is 55.8 Å². The van der Waals surface area contributed by atoms with E-state index in [9.17, 15) is 9.90 Å². The fourth-order valence-corrected chi connectivity index (χ4v) is 1.51. The summed E-state index contributed by atoms with van der Waals surface area (Å²) in [5, 5.41) is 9.70. The van der Waals surface area contributed by atoms with Gasteiger partial charge >= 0.3 is 0 Å². The van der Waals surface area contributed by atoms with E-state index in [4.69, 9.17) is 9.47 Å². The van der Waals surface area contributed by atoms with Gasteiger partial charge in [0.15, 0.2) is 11.5 Å². The van der Waals surface area contributed by atoms with Crippen LogP contribution in [0.3, 0.4) is 0 Å². The van der Waals surface area contributed by atoms with Gasteiger partial charge in [-0.25, -0.2) is 0 Å². The van der Waals surface area contributed by atoms with Crippen LogP contribution < -0.4 is 9.47 Å². The molecule has 2 rings (SSSR count). The molecule has 4 nitrogen and oxygen atoms in total. The molecule has 0 unspecified atom stereocenters. The number of carbonyl (C=O) groups is 1. The van der Waals surface area contributed by atoms with Crippen molar-refractivity contribution >= 4 is 5.78 Å². The average Bonchev–Trinajstić information content (AvgIpc) is 2.62. The molecule has 1 aromatic carbocycles. The van der Waals surface area contributed by atoms with Crippen molar-refractivity contribution < 1.29 is 19.4 Å². The highest BCUT2D eigenvalue weighted by atomic mass is 16.7. The van der Waals surface area contributed by atoms with Gasteiger partial charge in [-0.3, -0.25) is 4.79 Å². The van der Waals surface area contributed by atoms with Gasteiger partial charge in [0.25, 0.3) is 0 Å². The van der Waals surface area contributed by atoms with E-state index >= 15 is 0 Å². The zero-order valence-electron chi connectivity index (χ0n) is 8.40. The fourth-order valence-electron chi connectivity index (χ4n) is 1.51. The van der Waals surface area contributed by atoms with E-state index in [1.54, 1.807) is 18.2 Å². The van der Waals surface area contributed by atoms with Gasteiger partial charge in [0.1, 0.15) is 5.78 Å². The van der Waals surface area contributed by atoms with E-state index in [1.165, 1.54) is 6.92 Å². The molecule has 0 saturated heterocycles. The Hall–Kier alpha value is -1.55. The largest absolute Gasteiger partial charge is 0.454 e. The number of rotatable bonds is 3. The number of ketones is 1. The molecular formula is C11H12O4. The highest BCUT2D eigenvalue weighted by molar-refractivity contribution is 5.76. The summed E-state index contributed by atoms with van der Waals surface area (Å²) in [5.41, 5.74) is 0.675. The van der Waals surface area contributed by atoms with Crippen molar-refractivity contribution in [2.75, 3.05) is 6.79 Å². The lowest BCUT2D eigenvalue weighted by Gasteiger charge is -2.09. The van der Waals surface area contributed by atoms with Gasteiger partial charge in [0, 0.05) is 6.42 Å². The zero-order valence-corrected chi connectivity index (χ0v) is 8.40. The molecule has 0 aromatic heterocycles. The van der Waals surface area contributed by atoms with Gasteiger partial charge < -0.3 is 14.6 Å². The molecule has 80 valence electrons. The Morgan fingerprint density at radius 3 is 2.93 bits per heavy atom. The second-order valence-electron chi connectivity index (χ2n) is 3.53. The molecule has 0 saturated carbocycles. The summed E-state index contributed by atoms with van der Waals surface area (Å²) >= 11 is 0. The molecule has 1 heterocycles. The van der Waals surface area contributed by atoms with E-state index in [2.05, 4.69) is 0 Å². The number of ether oxygens (including phenoxy) is 2. The zero-order chi connectivity index (χ0) is 10.8. The molecule has 1 aliphatic rings. The van der Waals surface area contributed by atoms with Crippen LogP contribution in [0.15, 0.2) is 18.2 Å². The van der Waals surface area contributed by atoms with Crippen molar-refractivity contribution in [3.05, 3.63) is 23.8 Å². The van der Waals surface area contributed by atoms with E-state index in [1.807, 2.05) is 0 Å². The molecule has 1 aliphatic heterocycles. The van der Waals surface area contributed by atoms with E-state index in [0.29, 0.717) is 17.1 Å². The Morgan fingerprint density at radius 1 is 1.47 bits per heavy atom. The molecule has 1 aromatic rings. The van der Waals surface area contributed by atoms with Crippen LogP contribution in [0.1, 0.15) is 25.0 Å². The first kappa shape index (κ1) is 9.98.